The molecule has 0 aliphatic carbocycles. The number of hydrogen-bond acceptors (Lipinski definition) is 6. The summed E-state index contributed by atoms with van der Waals surface area (Å²) in [6.45, 7) is -0.421. The van der Waals surface area contributed by atoms with Crippen molar-refractivity contribution in [1.29, 1.82) is 0 Å². The Bertz CT molecular complexity index is 685. The van der Waals surface area contributed by atoms with E-state index in [0.717, 1.165) is 4.90 Å². The van der Waals surface area contributed by atoms with E-state index in [4.69, 9.17) is 4.74 Å². The van der Waals surface area contributed by atoms with Crippen molar-refractivity contribution in [2.75, 3.05) is 18.1 Å². The van der Waals surface area contributed by atoms with E-state index in [2.05, 4.69) is 5.32 Å². The molecule has 1 heterocycles. The molecular weight excluding hydrogens is 338 g/mol. The van der Waals surface area contributed by atoms with Gasteiger partial charge in [-0.2, -0.15) is 0 Å². The van der Waals surface area contributed by atoms with Crippen LogP contribution in [0.3, 0.4) is 0 Å². The minimum absolute atomic E-state index is 0.0553. The SMILES string of the molecule is O=C(COC(=O)/C=C/Sc1ccccc1)N[C@H]1CCS(=O)(=O)C1. The van der Waals surface area contributed by atoms with Crippen molar-refractivity contribution in [3.63, 3.8) is 0 Å². The van der Waals surface area contributed by atoms with Gasteiger partial charge in [-0.05, 0) is 24.0 Å². The first-order valence-electron chi connectivity index (χ1n) is 6.99. The number of carbonyl (C=O) groups is 2. The van der Waals surface area contributed by atoms with Gasteiger partial charge in [-0.15, -0.1) is 0 Å². The Labute approximate surface area is 139 Å². The fourth-order valence-corrected chi connectivity index (χ4v) is 4.35. The number of hydrogen-bond donors (Lipinski definition) is 1. The number of thioether (sulfide) groups is 1. The summed E-state index contributed by atoms with van der Waals surface area (Å²) in [4.78, 5) is 24.1. The largest absolute Gasteiger partial charge is 0.452 e. The Morgan fingerprint density at radius 3 is 2.70 bits per heavy atom. The van der Waals surface area contributed by atoms with Crippen LogP contribution in [0.4, 0.5) is 0 Å². The fraction of sp³-hybridized carbons (Fsp3) is 0.333. The average molecular weight is 355 g/mol. The predicted molar refractivity (Wildman–Crippen MR) is 87.6 cm³/mol. The third kappa shape index (κ3) is 6.45. The monoisotopic (exact) mass is 355 g/mol. The van der Waals surface area contributed by atoms with Crippen LogP contribution in [0.1, 0.15) is 6.42 Å². The third-order valence-corrected chi connectivity index (χ3v) is 5.68. The van der Waals surface area contributed by atoms with Gasteiger partial charge in [0.05, 0.1) is 11.5 Å². The van der Waals surface area contributed by atoms with Crippen LogP contribution in [-0.4, -0.2) is 44.4 Å². The summed E-state index contributed by atoms with van der Waals surface area (Å²) < 4.78 is 27.4. The molecule has 1 aromatic rings. The van der Waals surface area contributed by atoms with Crippen LogP contribution in [0.5, 0.6) is 0 Å². The fourth-order valence-electron chi connectivity index (χ4n) is 2.03. The lowest BCUT2D eigenvalue weighted by Crippen LogP contribution is -2.38. The predicted octanol–water partition coefficient (Wildman–Crippen LogP) is 1.14. The van der Waals surface area contributed by atoms with Gasteiger partial charge in [-0.3, -0.25) is 4.79 Å². The number of benzene rings is 1. The first-order valence-corrected chi connectivity index (χ1v) is 9.69. The van der Waals surface area contributed by atoms with E-state index in [1.165, 1.54) is 17.8 Å². The average Bonchev–Trinajstić information content (AvgIpc) is 2.85. The summed E-state index contributed by atoms with van der Waals surface area (Å²) in [6, 6.07) is 9.10. The van der Waals surface area contributed by atoms with Crippen molar-refractivity contribution >= 4 is 33.5 Å². The van der Waals surface area contributed by atoms with Gasteiger partial charge >= 0.3 is 5.97 Å². The molecule has 1 atom stereocenters. The summed E-state index contributed by atoms with van der Waals surface area (Å²) in [7, 11) is -3.05. The van der Waals surface area contributed by atoms with E-state index in [1.54, 1.807) is 5.41 Å². The van der Waals surface area contributed by atoms with Gasteiger partial charge in [0.2, 0.25) is 0 Å². The van der Waals surface area contributed by atoms with Gasteiger partial charge in [0.15, 0.2) is 16.4 Å². The van der Waals surface area contributed by atoms with Crippen LogP contribution < -0.4 is 5.32 Å². The molecule has 0 spiro atoms. The Morgan fingerprint density at radius 2 is 2.04 bits per heavy atom. The summed E-state index contributed by atoms with van der Waals surface area (Å²) in [5, 5.41) is 4.13. The highest BCUT2D eigenvalue weighted by Gasteiger charge is 2.28. The molecule has 124 valence electrons. The molecule has 0 saturated carbocycles. The van der Waals surface area contributed by atoms with Crippen molar-refractivity contribution < 1.29 is 22.7 Å². The second-order valence-corrected chi connectivity index (χ2v) is 8.22. The minimum Gasteiger partial charge on any atom is -0.452 e. The van der Waals surface area contributed by atoms with E-state index in [9.17, 15) is 18.0 Å². The van der Waals surface area contributed by atoms with Crippen molar-refractivity contribution in [3.8, 4) is 0 Å². The first-order chi connectivity index (χ1) is 10.9. The molecule has 23 heavy (non-hydrogen) atoms. The number of ether oxygens (including phenoxy) is 1. The molecule has 2 rings (SSSR count). The zero-order valence-corrected chi connectivity index (χ0v) is 13.9. The first kappa shape index (κ1) is 17.6. The molecule has 1 aliphatic heterocycles. The quantitative estimate of drug-likeness (QED) is 0.468. The number of sulfone groups is 1. The smallest absolute Gasteiger partial charge is 0.331 e. The van der Waals surface area contributed by atoms with Crippen molar-refractivity contribution in [2.45, 2.75) is 17.4 Å². The molecule has 6 nitrogen and oxygen atoms in total. The number of carbonyl (C=O) groups excluding carboxylic acids is 2. The minimum atomic E-state index is -3.05. The molecule has 0 radical (unpaired) electrons. The van der Waals surface area contributed by atoms with Crippen molar-refractivity contribution in [2.24, 2.45) is 0 Å². The maximum absolute atomic E-state index is 11.6. The summed E-state index contributed by atoms with van der Waals surface area (Å²) in [6.07, 6.45) is 1.64. The van der Waals surface area contributed by atoms with Gasteiger partial charge < -0.3 is 10.1 Å². The molecule has 8 heteroatoms. The highest BCUT2D eigenvalue weighted by molar-refractivity contribution is 8.02. The Hall–Kier alpha value is -1.80. The number of rotatable bonds is 6. The molecule has 0 bridgehead atoms. The van der Waals surface area contributed by atoms with E-state index in [1.807, 2.05) is 30.3 Å². The molecule has 1 aromatic carbocycles. The van der Waals surface area contributed by atoms with E-state index in [-0.39, 0.29) is 11.5 Å². The van der Waals surface area contributed by atoms with E-state index >= 15 is 0 Å². The van der Waals surface area contributed by atoms with Gasteiger partial charge in [-0.25, -0.2) is 13.2 Å². The van der Waals surface area contributed by atoms with Gasteiger partial charge in [0, 0.05) is 17.0 Å². The number of nitrogens with one attached hydrogen (secondary N) is 1. The lowest BCUT2D eigenvalue weighted by atomic mass is 10.2. The summed E-state index contributed by atoms with van der Waals surface area (Å²) >= 11 is 1.36. The molecule has 1 amide bonds. The summed E-state index contributed by atoms with van der Waals surface area (Å²) in [5.41, 5.74) is 0. The maximum Gasteiger partial charge on any atom is 0.331 e. The standard InChI is InChI=1S/C15H17NO5S2/c17-14(16-12-7-9-23(19,20)11-12)10-21-15(18)6-8-22-13-4-2-1-3-5-13/h1-6,8,12H,7,9-11H2,(H,16,17)/b8-6+/t12-/m0/s1. The molecular formula is C15H17NO5S2. The highest BCUT2D eigenvalue weighted by atomic mass is 32.2. The molecule has 0 aromatic heterocycles. The maximum atomic E-state index is 11.6. The normalized spacial score (nSPS) is 19.6. The van der Waals surface area contributed by atoms with E-state index < -0.39 is 34.4 Å². The molecule has 1 N–H and O–H groups in total. The van der Waals surface area contributed by atoms with Crippen LogP contribution in [0.15, 0.2) is 46.7 Å². The molecule has 1 aliphatic rings. The van der Waals surface area contributed by atoms with Gasteiger partial charge in [0.1, 0.15) is 0 Å². The van der Waals surface area contributed by atoms with Gasteiger partial charge in [0.25, 0.3) is 5.91 Å². The van der Waals surface area contributed by atoms with Crippen LogP contribution in [0, 0.1) is 0 Å². The molecule has 1 saturated heterocycles. The van der Waals surface area contributed by atoms with Crippen LogP contribution >= 0.6 is 11.8 Å². The third-order valence-electron chi connectivity index (χ3n) is 3.09. The number of amides is 1. The van der Waals surface area contributed by atoms with Crippen LogP contribution in [-0.2, 0) is 24.2 Å². The lowest BCUT2D eigenvalue weighted by Gasteiger charge is -2.10. The molecule has 1 fully saturated rings. The topological polar surface area (TPSA) is 89.5 Å². The lowest BCUT2D eigenvalue weighted by molar-refractivity contribution is -0.144. The van der Waals surface area contributed by atoms with Crippen molar-refractivity contribution in [3.05, 3.63) is 41.8 Å². The van der Waals surface area contributed by atoms with Gasteiger partial charge in [-0.1, -0.05) is 30.0 Å². The molecule has 0 unspecified atom stereocenters. The second kappa shape index (κ2) is 8.16. The van der Waals surface area contributed by atoms with E-state index in [0.29, 0.717) is 6.42 Å². The Balaban J connectivity index is 1.67. The Morgan fingerprint density at radius 1 is 1.30 bits per heavy atom. The zero-order chi connectivity index (χ0) is 16.7. The van der Waals surface area contributed by atoms with Crippen molar-refractivity contribution in [1.82, 2.24) is 5.32 Å². The zero-order valence-electron chi connectivity index (χ0n) is 12.3. The van der Waals surface area contributed by atoms with Crippen LogP contribution in [0.25, 0.3) is 0 Å². The summed E-state index contributed by atoms with van der Waals surface area (Å²) in [5.74, 6) is -1.09. The second-order valence-electron chi connectivity index (χ2n) is 5.01. The highest BCUT2D eigenvalue weighted by Crippen LogP contribution is 2.17. The number of esters is 1. The van der Waals surface area contributed by atoms with Crippen LogP contribution in [0.2, 0.25) is 0 Å². The Kier molecular flexibility index (Phi) is 6.23.